The van der Waals surface area contributed by atoms with Crippen molar-refractivity contribution in [2.75, 3.05) is 13.6 Å². The van der Waals surface area contributed by atoms with E-state index in [1.165, 1.54) is 17.7 Å². The second-order valence-electron chi connectivity index (χ2n) is 4.70. The summed E-state index contributed by atoms with van der Waals surface area (Å²) in [5.74, 6) is -0.388. The topological polar surface area (TPSA) is 36.4 Å². The highest BCUT2D eigenvalue weighted by molar-refractivity contribution is 9.11. The summed E-state index contributed by atoms with van der Waals surface area (Å²) in [5, 5.41) is 12.1. The molecule has 0 bridgehead atoms. The minimum atomic E-state index is -0.660. The summed E-state index contributed by atoms with van der Waals surface area (Å²) >= 11 is 5.11. The van der Waals surface area contributed by atoms with E-state index in [0.717, 1.165) is 23.1 Å². The first-order valence-electron chi connectivity index (χ1n) is 6.25. The molecule has 2 aromatic rings. The number of pyridine rings is 1. The zero-order valence-corrected chi connectivity index (χ0v) is 13.5. The molecule has 0 saturated heterocycles. The highest BCUT2D eigenvalue weighted by Crippen LogP contribution is 2.22. The molecule has 0 spiro atoms. The summed E-state index contributed by atoms with van der Waals surface area (Å²) in [5.41, 5.74) is 1.76. The lowest BCUT2D eigenvalue weighted by molar-refractivity contribution is 0.143. The highest BCUT2D eigenvalue weighted by Gasteiger charge is 2.11. The molecule has 0 aliphatic heterocycles. The highest BCUT2D eigenvalue weighted by atomic mass is 79.9. The van der Waals surface area contributed by atoms with Crippen LogP contribution in [0.25, 0.3) is 0 Å². The van der Waals surface area contributed by atoms with E-state index in [4.69, 9.17) is 0 Å². The maximum atomic E-state index is 12.8. The van der Waals surface area contributed by atoms with Crippen LogP contribution in [-0.4, -0.2) is 28.6 Å². The molecular formula is C14H16BrFN2OS. The molecule has 0 fully saturated rings. The molecule has 1 N–H and O–H groups in total. The summed E-state index contributed by atoms with van der Waals surface area (Å²) in [6.07, 6.45) is 1.04. The largest absolute Gasteiger partial charge is 0.387 e. The molecule has 20 heavy (non-hydrogen) atoms. The number of halogens is 2. The maximum absolute atomic E-state index is 12.8. The molecule has 0 aliphatic rings. The number of hydrogen-bond donors (Lipinski definition) is 1. The Balaban J connectivity index is 1.80. The van der Waals surface area contributed by atoms with E-state index in [9.17, 15) is 9.50 Å². The zero-order chi connectivity index (χ0) is 14.5. The van der Waals surface area contributed by atoms with Gasteiger partial charge in [0.2, 0.25) is 0 Å². The molecule has 1 atom stereocenters. The molecule has 0 aromatic carbocycles. The number of aliphatic hydroxyl groups is 1. The normalized spacial score (nSPS) is 12.8. The third-order valence-electron chi connectivity index (χ3n) is 2.95. The fraction of sp³-hybridized carbons (Fsp3) is 0.357. The maximum Gasteiger partial charge on any atom is 0.141 e. The lowest BCUT2D eigenvalue weighted by atomic mass is 10.1. The Bertz CT molecular complexity index is 546. The minimum absolute atomic E-state index is 0.388. The van der Waals surface area contributed by atoms with Crippen LogP contribution >= 0.6 is 27.3 Å². The smallest absolute Gasteiger partial charge is 0.141 e. The molecule has 2 rings (SSSR count). The van der Waals surface area contributed by atoms with E-state index in [0.29, 0.717) is 12.1 Å². The van der Waals surface area contributed by atoms with Crippen LogP contribution < -0.4 is 0 Å². The summed E-state index contributed by atoms with van der Waals surface area (Å²) < 4.78 is 13.9. The molecule has 0 amide bonds. The van der Waals surface area contributed by atoms with Gasteiger partial charge < -0.3 is 10.0 Å². The first kappa shape index (κ1) is 15.6. The van der Waals surface area contributed by atoms with Gasteiger partial charge in [-0.1, -0.05) is 0 Å². The van der Waals surface area contributed by atoms with Crippen molar-refractivity contribution in [3.05, 3.63) is 50.6 Å². The van der Waals surface area contributed by atoms with Crippen molar-refractivity contribution in [1.29, 1.82) is 0 Å². The summed E-state index contributed by atoms with van der Waals surface area (Å²) in [6, 6.07) is 4.94. The van der Waals surface area contributed by atoms with Crippen molar-refractivity contribution in [3.8, 4) is 0 Å². The third-order valence-corrected chi connectivity index (χ3v) is 4.50. The van der Waals surface area contributed by atoms with Crippen LogP contribution in [-0.2, 0) is 6.54 Å². The van der Waals surface area contributed by atoms with Crippen molar-refractivity contribution in [1.82, 2.24) is 9.88 Å². The van der Waals surface area contributed by atoms with Crippen LogP contribution in [0.15, 0.2) is 33.6 Å². The van der Waals surface area contributed by atoms with Gasteiger partial charge in [-0.3, -0.25) is 4.98 Å². The Morgan fingerprint density at radius 3 is 2.90 bits per heavy atom. The summed E-state index contributed by atoms with van der Waals surface area (Å²) in [7, 11) is 2.01. The van der Waals surface area contributed by atoms with Crippen molar-refractivity contribution in [2.24, 2.45) is 0 Å². The predicted molar refractivity (Wildman–Crippen MR) is 82.1 cm³/mol. The number of aromatic nitrogens is 1. The Labute approximate surface area is 130 Å². The van der Waals surface area contributed by atoms with Crippen LogP contribution in [0.1, 0.15) is 23.8 Å². The number of aliphatic hydroxyl groups excluding tert-OH is 1. The van der Waals surface area contributed by atoms with Gasteiger partial charge in [-0.2, -0.15) is 0 Å². The Morgan fingerprint density at radius 2 is 2.30 bits per heavy atom. The lowest BCUT2D eigenvalue weighted by Gasteiger charge is -2.18. The van der Waals surface area contributed by atoms with E-state index >= 15 is 0 Å². The van der Waals surface area contributed by atoms with Crippen LogP contribution in [0.5, 0.6) is 0 Å². The standard InChI is InChI=1S/C14H16BrFN2OS/c1-18(8-10-6-14(15)20-9-10)5-4-13(19)12-3-2-11(16)7-17-12/h2-3,6-7,9,13,19H,4-5,8H2,1H3. The Morgan fingerprint density at radius 1 is 1.50 bits per heavy atom. The fourth-order valence-corrected chi connectivity index (χ4v) is 3.09. The molecule has 2 heterocycles. The van der Waals surface area contributed by atoms with Gasteiger partial charge in [0.25, 0.3) is 0 Å². The van der Waals surface area contributed by atoms with Gasteiger partial charge >= 0.3 is 0 Å². The Hall–Kier alpha value is -0.820. The van der Waals surface area contributed by atoms with E-state index < -0.39 is 6.10 Å². The molecular weight excluding hydrogens is 343 g/mol. The average molecular weight is 359 g/mol. The van der Waals surface area contributed by atoms with E-state index in [1.807, 2.05) is 7.05 Å². The van der Waals surface area contributed by atoms with Crippen LogP contribution in [0.2, 0.25) is 0 Å². The second kappa shape index (κ2) is 7.26. The monoisotopic (exact) mass is 358 g/mol. The zero-order valence-electron chi connectivity index (χ0n) is 11.1. The molecule has 0 saturated carbocycles. The average Bonchev–Trinajstić information content (AvgIpc) is 2.82. The number of nitrogens with zero attached hydrogens (tertiary/aromatic N) is 2. The molecule has 108 valence electrons. The predicted octanol–water partition coefficient (Wildman–Crippen LogP) is 3.60. The van der Waals surface area contributed by atoms with Crippen molar-refractivity contribution in [3.63, 3.8) is 0 Å². The van der Waals surface area contributed by atoms with Gasteiger partial charge in [0, 0.05) is 13.1 Å². The minimum Gasteiger partial charge on any atom is -0.387 e. The number of hydrogen-bond acceptors (Lipinski definition) is 4. The second-order valence-corrected chi connectivity index (χ2v) is 6.99. The van der Waals surface area contributed by atoms with Gasteiger partial charge in [0.15, 0.2) is 0 Å². The van der Waals surface area contributed by atoms with E-state index in [-0.39, 0.29) is 5.82 Å². The fourth-order valence-electron chi connectivity index (χ4n) is 1.89. The van der Waals surface area contributed by atoms with Crippen molar-refractivity contribution >= 4 is 27.3 Å². The van der Waals surface area contributed by atoms with Crippen LogP contribution in [0.3, 0.4) is 0 Å². The van der Waals surface area contributed by atoms with E-state index in [1.54, 1.807) is 11.3 Å². The first-order valence-corrected chi connectivity index (χ1v) is 7.93. The van der Waals surface area contributed by atoms with Crippen molar-refractivity contribution < 1.29 is 9.50 Å². The molecule has 0 radical (unpaired) electrons. The quantitative estimate of drug-likeness (QED) is 0.856. The molecule has 2 aromatic heterocycles. The van der Waals surface area contributed by atoms with Gasteiger partial charge in [0.1, 0.15) is 5.82 Å². The van der Waals surface area contributed by atoms with Gasteiger partial charge in [-0.05, 0) is 58.5 Å². The molecule has 0 aliphatic carbocycles. The van der Waals surface area contributed by atoms with Crippen LogP contribution in [0.4, 0.5) is 4.39 Å². The van der Waals surface area contributed by atoms with Gasteiger partial charge in [-0.15, -0.1) is 11.3 Å². The molecule has 1 unspecified atom stereocenters. The van der Waals surface area contributed by atoms with Crippen molar-refractivity contribution in [2.45, 2.75) is 19.1 Å². The van der Waals surface area contributed by atoms with Gasteiger partial charge in [0.05, 0.1) is 21.8 Å². The number of thiophene rings is 1. The van der Waals surface area contributed by atoms with Crippen LogP contribution in [0, 0.1) is 5.82 Å². The molecule has 6 heteroatoms. The summed E-state index contributed by atoms with van der Waals surface area (Å²) in [4.78, 5) is 6.04. The third kappa shape index (κ3) is 4.63. The Kier molecular flexibility index (Phi) is 5.65. The SMILES string of the molecule is CN(CCC(O)c1ccc(F)cn1)Cc1csc(Br)c1. The summed E-state index contributed by atoms with van der Waals surface area (Å²) in [6.45, 7) is 1.58. The lowest BCUT2D eigenvalue weighted by Crippen LogP contribution is -2.20. The number of rotatable bonds is 6. The van der Waals surface area contributed by atoms with E-state index in [2.05, 4.69) is 37.3 Å². The van der Waals surface area contributed by atoms with Gasteiger partial charge in [-0.25, -0.2) is 4.39 Å². The first-order chi connectivity index (χ1) is 9.54. The molecule has 3 nitrogen and oxygen atoms in total.